The topological polar surface area (TPSA) is 107 Å². The number of urea groups is 1. The highest BCUT2D eigenvalue weighted by Gasteiger charge is 2.37. The Bertz CT molecular complexity index is 631. The monoisotopic (exact) mass is 399 g/mol. The van der Waals surface area contributed by atoms with E-state index < -0.39 is 5.97 Å². The van der Waals surface area contributed by atoms with Crippen LogP contribution in [0, 0.1) is 5.92 Å². The molecule has 8 nitrogen and oxygen atoms in total. The second-order valence-corrected chi connectivity index (χ2v) is 8.73. The SMILES string of the molecule is CCCSc1nsc(NC(=O)NC2CC(N(CC(=O)O)CC3CC3)C2)n1. The van der Waals surface area contributed by atoms with E-state index in [1.54, 1.807) is 11.8 Å². The molecular weight excluding hydrogens is 374 g/mol. The van der Waals surface area contributed by atoms with E-state index in [2.05, 4.69) is 31.8 Å². The molecule has 26 heavy (non-hydrogen) atoms. The molecule has 0 bridgehead atoms. The molecule has 2 amide bonds. The number of anilines is 1. The molecule has 3 N–H and O–H groups in total. The predicted molar refractivity (Wildman–Crippen MR) is 102 cm³/mol. The third-order valence-corrected chi connectivity index (χ3v) is 6.36. The van der Waals surface area contributed by atoms with Crippen LogP contribution in [0.5, 0.6) is 0 Å². The third-order valence-electron chi connectivity index (χ3n) is 4.56. The molecule has 2 saturated carbocycles. The number of nitrogens with zero attached hydrogens (tertiary/aromatic N) is 3. The van der Waals surface area contributed by atoms with Gasteiger partial charge in [0.15, 0.2) is 0 Å². The Kier molecular flexibility index (Phi) is 6.71. The van der Waals surface area contributed by atoms with Gasteiger partial charge in [-0.05, 0) is 38.0 Å². The second-order valence-electron chi connectivity index (χ2n) is 6.92. The number of thioether (sulfide) groups is 1. The number of carboxylic acid groups (broad SMARTS) is 1. The van der Waals surface area contributed by atoms with Gasteiger partial charge in [0.2, 0.25) is 10.3 Å². The van der Waals surface area contributed by atoms with Crippen LogP contribution in [0.2, 0.25) is 0 Å². The zero-order chi connectivity index (χ0) is 18.5. The summed E-state index contributed by atoms with van der Waals surface area (Å²) in [6, 6.07) is 0.0524. The number of aromatic nitrogens is 2. The Morgan fingerprint density at radius 2 is 2.15 bits per heavy atom. The lowest BCUT2D eigenvalue weighted by atomic mass is 9.85. The van der Waals surface area contributed by atoms with Gasteiger partial charge in [-0.25, -0.2) is 4.79 Å². The summed E-state index contributed by atoms with van der Waals surface area (Å²) in [6.45, 7) is 3.04. The molecule has 144 valence electrons. The van der Waals surface area contributed by atoms with Crippen LogP contribution in [0.4, 0.5) is 9.93 Å². The minimum absolute atomic E-state index is 0.0809. The number of aliphatic carboxylic acids is 1. The maximum Gasteiger partial charge on any atom is 0.321 e. The van der Waals surface area contributed by atoms with Crippen LogP contribution >= 0.6 is 23.3 Å². The molecule has 0 aliphatic heterocycles. The zero-order valence-electron chi connectivity index (χ0n) is 14.8. The van der Waals surface area contributed by atoms with Gasteiger partial charge in [0.1, 0.15) is 0 Å². The summed E-state index contributed by atoms with van der Waals surface area (Å²) in [7, 11) is 0. The molecule has 10 heteroatoms. The summed E-state index contributed by atoms with van der Waals surface area (Å²) in [6.07, 6.45) is 5.04. The van der Waals surface area contributed by atoms with Crippen molar-refractivity contribution in [1.29, 1.82) is 0 Å². The number of nitrogens with one attached hydrogen (secondary N) is 2. The number of hydrogen-bond donors (Lipinski definition) is 3. The Morgan fingerprint density at radius 3 is 2.81 bits per heavy atom. The quantitative estimate of drug-likeness (QED) is 0.519. The Balaban J connectivity index is 1.39. The first-order valence-electron chi connectivity index (χ1n) is 9.03. The summed E-state index contributed by atoms with van der Waals surface area (Å²) >= 11 is 2.76. The summed E-state index contributed by atoms with van der Waals surface area (Å²) in [5, 5.41) is 15.9. The Morgan fingerprint density at radius 1 is 1.38 bits per heavy atom. The van der Waals surface area contributed by atoms with Gasteiger partial charge < -0.3 is 10.4 Å². The number of carbonyl (C=O) groups is 2. The van der Waals surface area contributed by atoms with Crippen molar-refractivity contribution in [3.8, 4) is 0 Å². The lowest BCUT2D eigenvalue weighted by Gasteiger charge is -2.42. The van der Waals surface area contributed by atoms with Gasteiger partial charge in [0.25, 0.3) is 0 Å². The highest BCUT2D eigenvalue weighted by Crippen LogP contribution is 2.33. The van der Waals surface area contributed by atoms with Crippen LogP contribution in [0.15, 0.2) is 5.16 Å². The predicted octanol–water partition coefficient (Wildman–Crippen LogP) is 2.49. The smallest absolute Gasteiger partial charge is 0.321 e. The first-order chi connectivity index (χ1) is 12.5. The van der Waals surface area contributed by atoms with Gasteiger partial charge in [-0.3, -0.25) is 15.0 Å². The van der Waals surface area contributed by atoms with E-state index in [4.69, 9.17) is 5.11 Å². The molecule has 3 rings (SSSR count). The maximum atomic E-state index is 12.1. The van der Waals surface area contributed by atoms with Crippen molar-refractivity contribution in [3.05, 3.63) is 0 Å². The van der Waals surface area contributed by atoms with Gasteiger partial charge in [-0.15, -0.1) is 0 Å². The van der Waals surface area contributed by atoms with Crippen LogP contribution in [0.3, 0.4) is 0 Å². The fourth-order valence-corrected chi connectivity index (χ4v) is 4.38. The van der Waals surface area contributed by atoms with Crippen LogP contribution in [0.1, 0.15) is 39.0 Å². The van der Waals surface area contributed by atoms with Gasteiger partial charge in [0.05, 0.1) is 6.54 Å². The molecule has 0 atom stereocenters. The molecule has 0 radical (unpaired) electrons. The molecule has 0 spiro atoms. The fourth-order valence-electron chi connectivity index (χ4n) is 2.98. The Labute approximate surface area is 161 Å². The molecule has 0 unspecified atom stereocenters. The van der Waals surface area contributed by atoms with Crippen LogP contribution in [-0.4, -0.2) is 62.3 Å². The number of hydrogen-bond acceptors (Lipinski definition) is 7. The van der Waals surface area contributed by atoms with Crippen molar-refractivity contribution < 1.29 is 14.7 Å². The number of rotatable bonds is 10. The summed E-state index contributed by atoms with van der Waals surface area (Å²) in [4.78, 5) is 29.5. The van der Waals surface area contributed by atoms with E-state index in [9.17, 15) is 9.59 Å². The lowest BCUT2D eigenvalue weighted by molar-refractivity contribution is -0.139. The van der Waals surface area contributed by atoms with Gasteiger partial charge >= 0.3 is 12.0 Å². The van der Waals surface area contributed by atoms with Crippen molar-refractivity contribution in [2.75, 3.05) is 24.2 Å². The molecule has 1 aromatic rings. The molecule has 1 aromatic heterocycles. The number of carboxylic acids is 1. The molecular formula is C16H25N5O3S2. The highest BCUT2D eigenvalue weighted by molar-refractivity contribution is 7.99. The first kappa shape index (κ1) is 19.4. The van der Waals surface area contributed by atoms with Crippen molar-refractivity contribution in [2.24, 2.45) is 5.92 Å². The number of amides is 2. The minimum atomic E-state index is -0.784. The Hall–Kier alpha value is -1.39. The second kappa shape index (κ2) is 9.01. The van der Waals surface area contributed by atoms with Crippen molar-refractivity contribution in [2.45, 2.75) is 56.3 Å². The summed E-state index contributed by atoms with van der Waals surface area (Å²) < 4.78 is 4.21. The van der Waals surface area contributed by atoms with Gasteiger partial charge in [0, 0.05) is 35.9 Å². The molecule has 2 aliphatic carbocycles. The average molecular weight is 400 g/mol. The van der Waals surface area contributed by atoms with Crippen LogP contribution < -0.4 is 10.6 Å². The van der Waals surface area contributed by atoms with Crippen molar-refractivity contribution >= 4 is 40.4 Å². The van der Waals surface area contributed by atoms with E-state index in [-0.39, 0.29) is 24.7 Å². The standard InChI is InChI=1S/C16H25N5O3S2/c1-2-5-25-16-19-15(26-20-16)18-14(24)17-11-6-12(7-11)21(9-13(22)23)8-10-3-4-10/h10-12H,2-9H2,1H3,(H,22,23)(H2,17,18,19,20,24). The zero-order valence-corrected chi connectivity index (χ0v) is 16.4. The van der Waals surface area contributed by atoms with Crippen LogP contribution in [0.25, 0.3) is 0 Å². The van der Waals surface area contributed by atoms with Gasteiger partial charge in [-0.1, -0.05) is 18.7 Å². The molecule has 0 aromatic carbocycles. The normalized spacial score (nSPS) is 22.1. The first-order valence-corrected chi connectivity index (χ1v) is 10.8. The minimum Gasteiger partial charge on any atom is -0.480 e. The molecule has 1 heterocycles. The average Bonchev–Trinajstić information content (AvgIpc) is 3.25. The van der Waals surface area contributed by atoms with E-state index in [0.717, 1.165) is 31.6 Å². The third kappa shape index (κ3) is 5.82. The van der Waals surface area contributed by atoms with E-state index in [1.165, 1.54) is 24.4 Å². The van der Waals surface area contributed by atoms with E-state index >= 15 is 0 Å². The molecule has 0 saturated heterocycles. The van der Waals surface area contributed by atoms with E-state index in [1.807, 2.05) is 0 Å². The fraction of sp³-hybridized carbons (Fsp3) is 0.750. The largest absolute Gasteiger partial charge is 0.480 e. The lowest BCUT2D eigenvalue weighted by Crippen LogP contribution is -2.55. The summed E-state index contributed by atoms with van der Waals surface area (Å²) in [5.41, 5.74) is 0. The van der Waals surface area contributed by atoms with Crippen molar-refractivity contribution in [3.63, 3.8) is 0 Å². The summed E-state index contributed by atoms with van der Waals surface area (Å²) in [5.74, 6) is 0.828. The highest BCUT2D eigenvalue weighted by atomic mass is 32.2. The maximum absolute atomic E-state index is 12.1. The van der Waals surface area contributed by atoms with Gasteiger partial charge in [-0.2, -0.15) is 9.36 Å². The number of carbonyl (C=O) groups excluding carboxylic acids is 1. The van der Waals surface area contributed by atoms with Crippen LogP contribution in [-0.2, 0) is 4.79 Å². The van der Waals surface area contributed by atoms with E-state index in [0.29, 0.717) is 16.2 Å². The molecule has 2 fully saturated rings. The molecule has 2 aliphatic rings. The van der Waals surface area contributed by atoms with Crippen molar-refractivity contribution in [1.82, 2.24) is 19.6 Å².